The van der Waals surface area contributed by atoms with Crippen molar-refractivity contribution < 1.29 is 15.0 Å². The van der Waals surface area contributed by atoms with E-state index in [-0.39, 0.29) is 23.8 Å². The summed E-state index contributed by atoms with van der Waals surface area (Å²) in [5, 5.41) is 22.7. The summed E-state index contributed by atoms with van der Waals surface area (Å²) in [6.07, 6.45) is 4.55. The summed E-state index contributed by atoms with van der Waals surface area (Å²) in [4.78, 5) is 12.1. The average Bonchev–Trinajstić information content (AvgIpc) is 2.48. The maximum absolute atomic E-state index is 12.1. The molecule has 1 aromatic carbocycles. The number of phenolic OH excluding ortho intramolecular Hbond substituents is 1. The number of benzene rings is 1. The van der Waals surface area contributed by atoms with Gasteiger partial charge in [0.05, 0.1) is 11.2 Å². The lowest BCUT2D eigenvalue weighted by Gasteiger charge is -2.35. The molecule has 0 aromatic heterocycles. The normalized spacial score (nSPS) is 25.5. The van der Waals surface area contributed by atoms with Gasteiger partial charge in [0.2, 0.25) is 0 Å². The van der Waals surface area contributed by atoms with Crippen LogP contribution in [0.15, 0.2) is 18.2 Å². The van der Waals surface area contributed by atoms with E-state index in [4.69, 9.17) is 5.73 Å². The molecule has 5 heteroatoms. The summed E-state index contributed by atoms with van der Waals surface area (Å²) in [7, 11) is 0. The number of amides is 1. The molecule has 1 amide bonds. The first-order chi connectivity index (χ1) is 9.93. The lowest BCUT2D eigenvalue weighted by atomic mass is 9.78. The first kappa shape index (κ1) is 15.6. The van der Waals surface area contributed by atoms with Crippen LogP contribution in [0.2, 0.25) is 0 Å². The summed E-state index contributed by atoms with van der Waals surface area (Å²) in [5.74, 6) is 0.314. The van der Waals surface area contributed by atoms with E-state index in [0.29, 0.717) is 24.4 Å². The van der Waals surface area contributed by atoms with Gasteiger partial charge in [-0.2, -0.15) is 0 Å². The Bertz CT molecular complexity index is 508. The van der Waals surface area contributed by atoms with E-state index >= 15 is 0 Å². The molecule has 1 aliphatic carbocycles. The summed E-state index contributed by atoms with van der Waals surface area (Å²) in [6, 6.07) is 4.26. The molecule has 2 rings (SSSR count). The SMILES string of the molecule is CCC1CCC(O)(CNC(=O)c2cc(O)ccc2N)CC1. The van der Waals surface area contributed by atoms with E-state index < -0.39 is 5.60 Å². The van der Waals surface area contributed by atoms with Gasteiger partial charge in [0.1, 0.15) is 5.75 Å². The van der Waals surface area contributed by atoms with Gasteiger partial charge in [-0.15, -0.1) is 0 Å². The zero-order chi connectivity index (χ0) is 15.5. The Morgan fingerprint density at radius 2 is 2.10 bits per heavy atom. The van der Waals surface area contributed by atoms with Crippen LogP contribution in [0.3, 0.4) is 0 Å². The quantitative estimate of drug-likeness (QED) is 0.504. The molecule has 0 spiro atoms. The van der Waals surface area contributed by atoms with E-state index in [1.54, 1.807) is 0 Å². The number of aromatic hydroxyl groups is 1. The second-order valence-electron chi connectivity index (χ2n) is 6.03. The minimum atomic E-state index is -0.826. The van der Waals surface area contributed by atoms with Gasteiger partial charge in [-0.1, -0.05) is 13.3 Å². The maximum Gasteiger partial charge on any atom is 0.253 e. The van der Waals surface area contributed by atoms with Crippen LogP contribution < -0.4 is 11.1 Å². The molecule has 0 unspecified atom stereocenters. The third-order valence-corrected chi connectivity index (χ3v) is 4.47. The van der Waals surface area contributed by atoms with Crippen LogP contribution in [0, 0.1) is 5.92 Å². The zero-order valence-electron chi connectivity index (χ0n) is 12.4. The van der Waals surface area contributed by atoms with E-state index in [1.807, 2.05) is 0 Å². The van der Waals surface area contributed by atoms with Gasteiger partial charge in [-0.25, -0.2) is 0 Å². The molecule has 1 fully saturated rings. The predicted molar refractivity (Wildman–Crippen MR) is 82.1 cm³/mol. The number of rotatable bonds is 4. The van der Waals surface area contributed by atoms with Crippen molar-refractivity contribution in [1.82, 2.24) is 5.32 Å². The van der Waals surface area contributed by atoms with Crippen molar-refractivity contribution >= 4 is 11.6 Å². The summed E-state index contributed by atoms with van der Waals surface area (Å²) in [6.45, 7) is 2.39. The molecular formula is C16H24N2O3. The molecule has 0 aliphatic heterocycles. The summed E-state index contributed by atoms with van der Waals surface area (Å²) in [5.41, 5.74) is 5.46. The van der Waals surface area contributed by atoms with Crippen LogP contribution in [0.1, 0.15) is 49.4 Å². The molecule has 0 saturated heterocycles. The zero-order valence-corrected chi connectivity index (χ0v) is 12.4. The van der Waals surface area contributed by atoms with Gasteiger partial charge in [0.15, 0.2) is 0 Å². The fourth-order valence-electron chi connectivity index (χ4n) is 2.88. The van der Waals surface area contributed by atoms with E-state index in [2.05, 4.69) is 12.2 Å². The number of carbonyl (C=O) groups excluding carboxylic acids is 1. The molecular weight excluding hydrogens is 268 g/mol. The van der Waals surface area contributed by atoms with Crippen molar-refractivity contribution in [2.45, 2.75) is 44.6 Å². The smallest absolute Gasteiger partial charge is 0.253 e. The number of nitrogens with one attached hydrogen (secondary N) is 1. The molecule has 116 valence electrons. The molecule has 5 N–H and O–H groups in total. The Balaban J connectivity index is 1.93. The predicted octanol–water partition coefficient (Wildman–Crippen LogP) is 2.04. The number of aliphatic hydroxyl groups is 1. The lowest BCUT2D eigenvalue weighted by Crippen LogP contribution is -2.45. The van der Waals surface area contributed by atoms with Crippen LogP contribution in [0.5, 0.6) is 5.75 Å². The number of carbonyl (C=O) groups is 1. The van der Waals surface area contributed by atoms with Crippen molar-refractivity contribution in [3.8, 4) is 5.75 Å². The molecule has 0 heterocycles. The first-order valence-electron chi connectivity index (χ1n) is 7.52. The second-order valence-corrected chi connectivity index (χ2v) is 6.03. The first-order valence-corrected chi connectivity index (χ1v) is 7.52. The Hall–Kier alpha value is -1.75. The Labute approximate surface area is 125 Å². The fourth-order valence-corrected chi connectivity index (χ4v) is 2.88. The third kappa shape index (κ3) is 3.88. The van der Waals surface area contributed by atoms with Crippen LogP contribution in [-0.2, 0) is 0 Å². The molecule has 0 atom stereocenters. The highest BCUT2D eigenvalue weighted by Gasteiger charge is 2.33. The minimum absolute atomic E-state index is 0.00323. The molecule has 1 aromatic rings. The summed E-state index contributed by atoms with van der Waals surface area (Å²) < 4.78 is 0. The van der Waals surface area contributed by atoms with Crippen LogP contribution in [0.25, 0.3) is 0 Å². The molecule has 1 saturated carbocycles. The number of phenols is 1. The number of anilines is 1. The highest BCUT2D eigenvalue weighted by molar-refractivity contribution is 5.99. The van der Waals surface area contributed by atoms with Crippen molar-refractivity contribution in [3.63, 3.8) is 0 Å². The van der Waals surface area contributed by atoms with Crippen molar-refractivity contribution in [3.05, 3.63) is 23.8 Å². The second kappa shape index (κ2) is 6.35. The number of nitrogens with two attached hydrogens (primary N) is 1. The van der Waals surface area contributed by atoms with Gasteiger partial charge in [-0.05, 0) is 49.8 Å². The number of hydrogen-bond acceptors (Lipinski definition) is 4. The monoisotopic (exact) mass is 292 g/mol. The van der Waals surface area contributed by atoms with E-state index in [1.165, 1.54) is 18.2 Å². The van der Waals surface area contributed by atoms with Crippen LogP contribution in [-0.4, -0.2) is 28.3 Å². The van der Waals surface area contributed by atoms with E-state index in [9.17, 15) is 15.0 Å². The van der Waals surface area contributed by atoms with E-state index in [0.717, 1.165) is 19.3 Å². The summed E-state index contributed by atoms with van der Waals surface area (Å²) >= 11 is 0. The fraction of sp³-hybridized carbons (Fsp3) is 0.562. The standard InChI is InChI=1S/C16H24N2O3/c1-2-11-5-7-16(21,8-6-11)10-18-15(20)13-9-12(19)3-4-14(13)17/h3-4,9,11,19,21H,2,5-8,10,17H2,1H3,(H,18,20). The Morgan fingerprint density at radius 1 is 1.43 bits per heavy atom. The van der Waals surface area contributed by atoms with Crippen LogP contribution in [0.4, 0.5) is 5.69 Å². The Kier molecular flexibility index (Phi) is 4.73. The van der Waals surface area contributed by atoms with Gasteiger partial charge in [-0.3, -0.25) is 4.79 Å². The molecule has 0 bridgehead atoms. The van der Waals surface area contributed by atoms with Gasteiger partial charge in [0, 0.05) is 12.2 Å². The average molecular weight is 292 g/mol. The topological polar surface area (TPSA) is 95.6 Å². The van der Waals surface area contributed by atoms with Crippen LogP contribution >= 0.6 is 0 Å². The van der Waals surface area contributed by atoms with Crippen molar-refractivity contribution in [1.29, 1.82) is 0 Å². The third-order valence-electron chi connectivity index (χ3n) is 4.47. The van der Waals surface area contributed by atoms with Gasteiger partial charge in [0.25, 0.3) is 5.91 Å². The maximum atomic E-state index is 12.1. The van der Waals surface area contributed by atoms with Gasteiger partial charge >= 0.3 is 0 Å². The minimum Gasteiger partial charge on any atom is -0.508 e. The Morgan fingerprint density at radius 3 is 2.71 bits per heavy atom. The number of hydrogen-bond donors (Lipinski definition) is 4. The van der Waals surface area contributed by atoms with Crippen molar-refractivity contribution in [2.24, 2.45) is 5.92 Å². The number of nitrogen functional groups attached to an aromatic ring is 1. The highest BCUT2D eigenvalue weighted by Crippen LogP contribution is 2.33. The molecule has 0 radical (unpaired) electrons. The highest BCUT2D eigenvalue weighted by atomic mass is 16.3. The molecule has 21 heavy (non-hydrogen) atoms. The van der Waals surface area contributed by atoms with Crippen molar-refractivity contribution in [2.75, 3.05) is 12.3 Å². The molecule has 5 nitrogen and oxygen atoms in total. The van der Waals surface area contributed by atoms with Gasteiger partial charge < -0.3 is 21.3 Å². The lowest BCUT2D eigenvalue weighted by molar-refractivity contribution is -0.00786. The largest absolute Gasteiger partial charge is 0.508 e. The molecule has 1 aliphatic rings.